The van der Waals surface area contributed by atoms with Gasteiger partial charge >= 0.3 is 0 Å². The molecule has 7 nitrogen and oxygen atoms in total. The van der Waals surface area contributed by atoms with E-state index in [4.69, 9.17) is 21.1 Å². The summed E-state index contributed by atoms with van der Waals surface area (Å²) in [7, 11) is 3.21. The standard InChI is InChI=1S/C24H25ClN4O3/c1-31-19-8-5-16(6-9-19)20-10-12-23(28-27-20)29-13-3-4-17(15-29)24(30)26-21-14-18(25)7-11-22(21)32-2/h5-12,14,17H,3-4,13,15H2,1-2H3,(H,26,30). The number of aromatic nitrogens is 2. The maximum Gasteiger partial charge on any atom is 0.229 e. The van der Waals surface area contributed by atoms with Crippen molar-refractivity contribution in [1.82, 2.24) is 10.2 Å². The molecular formula is C24H25ClN4O3. The number of amides is 1. The highest BCUT2D eigenvalue weighted by molar-refractivity contribution is 6.31. The first-order chi connectivity index (χ1) is 15.6. The zero-order valence-corrected chi connectivity index (χ0v) is 18.8. The van der Waals surface area contributed by atoms with Gasteiger partial charge in [0.05, 0.1) is 31.5 Å². The molecule has 0 aliphatic carbocycles. The molecule has 8 heteroatoms. The van der Waals surface area contributed by atoms with Gasteiger partial charge in [0, 0.05) is 23.7 Å². The predicted octanol–water partition coefficient (Wildman–Crippen LogP) is 4.67. The van der Waals surface area contributed by atoms with E-state index in [2.05, 4.69) is 20.4 Å². The number of halogens is 1. The average Bonchev–Trinajstić information content (AvgIpc) is 2.84. The molecule has 2 heterocycles. The van der Waals surface area contributed by atoms with Crippen molar-refractivity contribution in [2.75, 3.05) is 37.5 Å². The van der Waals surface area contributed by atoms with Gasteiger partial charge in [-0.05, 0) is 67.4 Å². The van der Waals surface area contributed by atoms with Crippen LogP contribution in [0.4, 0.5) is 11.5 Å². The molecule has 0 radical (unpaired) electrons. The van der Waals surface area contributed by atoms with Crippen molar-refractivity contribution in [2.24, 2.45) is 5.92 Å². The summed E-state index contributed by atoms with van der Waals surface area (Å²) in [6.07, 6.45) is 1.70. The molecule has 32 heavy (non-hydrogen) atoms. The van der Waals surface area contributed by atoms with E-state index in [0.717, 1.165) is 42.2 Å². The largest absolute Gasteiger partial charge is 0.497 e. The lowest BCUT2D eigenvalue weighted by molar-refractivity contribution is -0.120. The van der Waals surface area contributed by atoms with Gasteiger partial charge in [-0.25, -0.2) is 0 Å². The number of carbonyl (C=O) groups excluding carboxylic acids is 1. The molecule has 1 saturated heterocycles. The Morgan fingerprint density at radius 2 is 1.88 bits per heavy atom. The van der Waals surface area contributed by atoms with Gasteiger partial charge in [0.25, 0.3) is 0 Å². The molecule has 1 aliphatic heterocycles. The Kier molecular flexibility index (Phi) is 6.75. The minimum Gasteiger partial charge on any atom is -0.497 e. The van der Waals surface area contributed by atoms with Gasteiger partial charge in [-0.15, -0.1) is 10.2 Å². The number of piperidine rings is 1. The molecule has 166 valence electrons. The third-order valence-corrected chi connectivity index (χ3v) is 5.81. The minimum atomic E-state index is -0.171. The Labute approximate surface area is 192 Å². The number of hydrogen-bond acceptors (Lipinski definition) is 6. The monoisotopic (exact) mass is 452 g/mol. The van der Waals surface area contributed by atoms with Gasteiger partial charge in [0.2, 0.25) is 5.91 Å². The minimum absolute atomic E-state index is 0.0573. The molecule has 2 aromatic carbocycles. The van der Waals surface area contributed by atoms with Gasteiger partial charge in [-0.1, -0.05) is 11.6 Å². The molecule has 1 atom stereocenters. The van der Waals surface area contributed by atoms with Crippen LogP contribution in [0.15, 0.2) is 54.6 Å². The van der Waals surface area contributed by atoms with E-state index in [1.807, 2.05) is 36.4 Å². The smallest absolute Gasteiger partial charge is 0.229 e. The Morgan fingerprint density at radius 3 is 2.56 bits per heavy atom. The normalized spacial score (nSPS) is 15.8. The van der Waals surface area contributed by atoms with Crippen LogP contribution in [0.3, 0.4) is 0 Å². The summed E-state index contributed by atoms with van der Waals surface area (Å²) >= 11 is 6.08. The Hall–Kier alpha value is -3.32. The zero-order valence-electron chi connectivity index (χ0n) is 18.0. The van der Waals surface area contributed by atoms with Crippen molar-refractivity contribution in [3.63, 3.8) is 0 Å². The summed E-state index contributed by atoms with van der Waals surface area (Å²) in [5.74, 6) is 1.91. The van der Waals surface area contributed by atoms with Crippen LogP contribution < -0.4 is 19.7 Å². The molecular weight excluding hydrogens is 428 g/mol. The number of rotatable bonds is 6. The summed E-state index contributed by atoms with van der Waals surface area (Å²) in [5, 5.41) is 12.3. The lowest BCUT2D eigenvalue weighted by Crippen LogP contribution is -2.41. The molecule has 0 bridgehead atoms. The van der Waals surface area contributed by atoms with Crippen molar-refractivity contribution in [1.29, 1.82) is 0 Å². The second-order valence-corrected chi connectivity index (χ2v) is 8.06. The van der Waals surface area contributed by atoms with E-state index in [9.17, 15) is 4.79 Å². The molecule has 1 unspecified atom stereocenters. The number of ether oxygens (including phenoxy) is 2. The van der Waals surface area contributed by atoms with Crippen LogP contribution in [0.5, 0.6) is 11.5 Å². The molecule has 1 fully saturated rings. The number of methoxy groups -OCH3 is 2. The second-order valence-electron chi connectivity index (χ2n) is 7.62. The fraction of sp³-hybridized carbons (Fsp3) is 0.292. The fourth-order valence-corrected chi connectivity index (χ4v) is 3.99. The number of carbonyl (C=O) groups is 1. The molecule has 0 spiro atoms. The van der Waals surface area contributed by atoms with Crippen LogP contribution in [-0.4, -0.2) is 43.4 Å². The molecule has 4 rings (SSSR count). The van der Waals surface area contributed by atoms with E-state index in [-0.39, 0.29) is 11.8 Å². The van der Waals surface area contributed by atoms with Crippen molar-refractivity contribution in [3.8, 4) is 22.8 Å². The highest BCUT2D eigenvalue weighted by Crippen LogP contribution is 2.30. The first kappa shape index (κ1) is 21.9. The number of anilines is 2. The van der Waals surface area contributed by atoms with Gasteiger partial charge in [-0.3, -0.25) is 4.79 Å². The summed E-state index contributed by atoms with van der Waals surface area (Å²) in [6, 6.07) is 16.8. The number of nitrogens with zero attached hydrogens (tertiary/aromatic N) is 3. The van der Waals surface area contributed by atoms with Crippen LogP contribution >= 0.6 is 11.6 Å². The molecule has 1 amide bonds. The quantitative estimate of drug-likeness (QED) is 0.585. The Balaban J connectivity index is 1.43. The fourth-order valence-electron chi connectivity index (χ4n) is 3.82. The molecule has 1 N–H and O–H groups in total. The second kappa shape index (κ2) is 9.87. The summed E-state index contributed by atoms with van der Waals surface area (Å²) < 4.78 is 10.5. The molecule has 1 aromatic heterocycles. The molecule has 0 saturated carbocycles. The van der Waals surface area contributed by atoms with Gasteiger partial charge in [0.1, 0.15) is 11.5 Å². The number of nitrogens with one attached hydrogen (secondary N) is 1. The Bertz CT molecular complexity index is 1070. The number of hydrogen-bond donors (Lipinski definition) is 1. The highest BCUT2D eigenvalue weighted by Gasteiger charge is 2.27. The third kappa shape index (κ3) is 4.94. The van der Waals surface area contributed by atoms with Crippen LogP contribution in [0.25, 0.3) is 11.3 Å². The summed E-state index contributed by atoms with van der Waals surface area (Å²) in [4.78, 5) is 15.0. The van der Waals surface area contributed by atoms with Crippen molar-refractivity contribution in [2.45, 2.75) is 12.8 Å². The van der Waals surface area contributed by atoms with Crippen molar-refractivity contribution < 1.29 is 14.3 Å². The lowest BCUT2D eigenvalue weighted by atomic mass is 9.97. The van der Waals surface area contributed by atoms with E-state index in [1.54, 1.807) is 32.4 Å². The highest BCUT2D eigenvalue weighted by atomic mass is 35.5. The SMILES string of the molecule is COc1ccc(-c2ccc(N3CCCC(C(=O)Nc4cc(Cl)ccc4OC)C3)nn2)cc1. The molecule has 1 aliphatic rings. The summed E-state index contributed by atoms with van der Waals surface area (Å²) in [5.41, 5.74) is 2.33. The van der Waals surface area contributed by atoms with E-state index in [1.165, 1.54) is 0 Å². The van der Waals surface area contributed by atoms with Crippen molar-refractivity contribution >= 4 is 29.0 Å². The van der Waals surface area contributed by atoms with E-state index >= 15 is 0 Å². The maximum absolute atomic E-state index is 12.9. The van der Waals surface area contributed by atoms with Crippen LogP contribution in [-0.2, 0) is 4.79 Å². The maximum atomic E-state index is 12.9. The van der Waals surface area contributed by atoms with Crippen LogP contribution in [0, 0.1) is 5.92 Å². The van der Waals surface area contributed by atoms with Gasteiger partial charge < -0.3 is 19.7 Å². The van der Waals surface area contributed by atoms with Gasteiger partial charge in [0.15, 0.2) is 5.82 Å². The number of benzene rings is 2. The van der Waals surface area contributed by atoms with Crippen LogP contribution in [0.2, 0.25) is 5.02 Å². The average molecular weight is 453 g/mol. The van der Waals surface area contributed by atoms with E-state index < -0.39 is 0 Å². The van der Waals surface area contributed by atoms with Crippen molar-refractivity contribution in [3.05, 3.63) is 59.6 Å². The topological polar surface area (TPSA) is 76.6 Å². The zero-order chi connectivity index (χ0) is 22.5. The third-order valence-electron chi connectivity index (χ3n) is 5.57. The van der Waals surface area contributed by atoms with E-state index in [0.29, 0.717) is 23.0 Å². The first-order valence-electron chi connectivity index (χ1n) is 10.4. The lowest BCUT2D eigenvalue weighted by Gasteiger charge is -2.32. The molecule has 3 aromatic rings. The predicted molar refractivity (Wildman–Crippen MR) is 126 cm³/mol. The first-order valence-corrected chi connectivity index (χ1v) is 10.8. The van der Waals surface area contributed by atoms with Gasteiger partial charge in [-0.2, -0.15) is 0 Å². The van der Waals surface area contributed by atoms with Crippen LogP contribution in [0.1, 0.15) is 12.8 Å². The Morgan fingerprint density at radius 1 is 1.06 bits per heavy atom. The summed E-state index contributed by atoms with van der Waals surface area (Å²) in [6.45, 7) is 1.41.